The smallest absolute Gasteiger partial charge is 0.0453 e. The summed E-state index contributed by atoms with van der Waals surface area (Å²) in [5, 5.41) is 4.58. The highest BCUT2D eigenvalue weighted by Gasteiger charge is 2.20. The van der Waals surface area contributed by atoms with E-state index >= 15 is 0 Å². The average molecular weight is 252 g/mol. The zero-order valence-electron chi connectivity index (χ0n) is 10.7. The van der Waals surface area contributed by atoms with E-state index < -0.39 is 0 Å². The van der Waals surface area contributed by atoms with Crippen LogP contribution in [0.15, 0.2) is 24.3 Å². The molecular weight excluding hydrogens is 230 g/mol. The van der Waals surface area contributed by atoms with Crippen molar-refractivity contribution in [3.8, 4) is 0 Å². The van der Waals surface area contributed by atoms with E-state index in [2.05, 4.69) is 31.3 Å². The maximum absolute atomic E-state index is 6.22. The maximum atomic E-state index is 6.22. The Morgan fingerprint density at radius 3 is 2.47 bits per heavy atom. The molecule has 0 heterocycles. The van der Waals surface area contributed by atoms with Crippen LogP contribution in [-0.2, 0) is 0 Å². The van der Waals surface area contributed by atoms with Gasteiger partial charge < -0.3 is 5.32 Å². The van der Waals surface area contributed by atoms with E-state index in [0.717, 1.165) is 10.9 Å². The second-order valence-electron chi connectivity index (χ2n) is 5.37. The molecule has 0 radical (unpaired) electrons. The zero-order valence-corrected chi connectivity index (χ0v) is 11.5. The van der Waals surface area contributed by atoms with Gasteiger partial charge >= 0.3 is 0 Å². The monoisotopic (exact) mass is 251 g/mol. The summed E-state index contributed by atoms with van der Waals surface area (Å²) in [7, 11) is 0. The second kappa shape index (κ2) is 5.88. The molecule has 1 atom stereocenters. The molecule has 17 heavy (non-hydrogen) atoms. The Labute approximate surface area is 110 Å². The summed E-state index contributed by atoms with van der Waals surface area (Å²) in [5.41, 5.74) is 1.22. The minimum atomic E-state index is 0.349. The molecule has 1 aromatic rings. The van der Waals surface area contributed by atoms with E-state index in [-0.39, 0.29) is 0 Å². The van der Waals surface area contributed by atoms with Gasteiger partial charge in [0.15, 0.2) is 0 Å². The molecule has 2 rings (SSSR count). The number of rotatable bonds is 3. The Morgan fingerprint density at radius 1 is 1.18 bits per heavy atom. The number of halogens is 1. The number of hydrogen-bond donors (Lipinski definition) is 1. The van der Waals surface area contributed by atoms with Gasteiger partial charge in [-0.25, -0.2) is 0 Å². The van der Waals surface area contributed by atoms with Crippen molar-refractivity contribution < 1.29 is 0 Å². The summed E-state index contributed by atoms with van der Waals surface area (Å²) >= 11 is 6.22. The van der Waals surface area contributed by atoms with E-state index in [1.807, 2.05) is 12.1 Å². The van der Waals surface area contributed by atoms with Crippen LogP contribution < -0.4 is 5.32 Å². The first-order valence-corrected chi connectivity index (χ1v) is 7.05. The topological polar surface area (TPSA) is 12.0 Å². The molecule has 1 aromatic carbocycles. The van der Waals surface area contributed by atoms with Crippen LogP contribution in [-0.4, -0.2) is 6.04 Å². The zero-order chi connectivity index (χ0) is 12.3. The molecule has 0 spiro atoms. The van der Waals surface area contributed by atoms with Crippen LogP contribution in [0.2, 0.25) is 5.02 Å². The Kier molecular flexibility index (Phi) is 4.47. The standard InChI is InChI=1S/C15H22ClN/c1-11-7-9-13(10-8-11)17-12(2)14-5-3-4-6-15(14)16/h3-6,11-13,17H,7-10H2,1-2H3. The van der Waals surface area contributed by atoms with Gasteiger partial charge in [0.1, 0.15) is 0 Å². The first kappa shape index (κ1) is 12.9. The van der Waals surface area contributed by atoms with Gasteiger partial charge in [0.05, 0.1) is 0 Å². The molecule has 1 unspecified atom stereocenters. The second-order valence-corrected chi connectivity index (χ2v) is 5.77. The third kappa shape index (κ3) is 3.46. The van der Waals surface area contributed by atoms with E-state index in [9.17, 15) is 0 Å². The molecule has 1 aliphatic carbocycles. The molecule has 0 aromatic heterocycles. The predicted molar refractivity (Wildman–Crippen MR) is 74.4 cm³/mol. The van der Waals surface area contributed by atoms with Crippen LogP contribution in [0.25, 0.3) is 0 Å². The number of benzene rings is 1. The third-order valence-electron chi connectivity index (χ3n) is 3.87. The molecule has 0 amide bonds. The average Bonchev–Trinajstić information content (AvgIpc) is 2.32. The fourth-order valence-electron chi connectivity index (χ4n) is 2.70. The lowest BCUT2D eigenvalue weighted by Crippen LogP contribution is -2.34. The van der Waals surface area contributed by atoms with Crippen molar-refractivity contribution in [3.05, 3.63) is 34.9 Å². The van der Waals surface area contributed by atoms with Gasteiger partial charge in [-0.05, 0) is 50.2 Å². The molecule has 0 bridgehead atoms. The molecule has 1 nitrogen and oxygen atoms in total. The largest absolute Gasteiger partial charge is 0.307 e. The van der Waals surface area contributed by atoms with Crippen LogP contribution in [0.1, 0.15) is 51.1 Å². The molecule has 1 saturated carbocycles. The summed E-state index contributed by atoms with van der Waals surface area (Å²) in [4.78, 5) is 0. The number of hydrogen-bond acceptors (Lipinski definition) is 1. The van der Waals surface area contributed by atoms with E-state index in [1.165, 1.54) is 31.2 Å². The minimum absolute atomic E-state index is 0.349. The van der Waals surface area contributed by atoms with Gasteiger partial charge in [0, 0.05) is 17.1 Å². The van der Waals surface area contributed by atoms with E-state index in [0.29, 0.717) is 12.1 Å². The van der Waals surface area contributed by atoms with Crippen LogP contribution in [0.4, 0.5) is 0 Å². The molecule has 94 valence electrons. The van der Waals surface area contributed by atoms with Crippen molar-refractivity contribution in [2.75, 3.05) is 0 Å². The molecule has 1 aliphatic rings. The fourth-order valence-corrected chi connectivity index (χ4v) is 3.00. The lowest BCUT2D eigenvalue weighted by molar-refractivity contribution is 0.292. The third-order valence-corrected chi connectivity index (χ3v) is 4.22. The molecule has 1 N–H and O–H groups in total. The van der Waals surface area contributed by atoms with Gasteiger partial charge in [-0.2, -0.15) is 0 Å². The highest BCUT2D eigenvalue weighted by Crippen LogP contribution is 2.27. The van der Waals surface area contributed by atoms with Crippen LogP contribution in [0, 0.1) is 5.92 Å². The quantitative estimate of drug-likeness (QED) is 0.830. The van der Waals surface area contributed by atoms with Gasteiger partial charge in [0.25, 0.3) is 0 Å². The van der Waals surface area contributed by atoms with Gasteiger partial charge in [-0.1, -0.05) is 36.7 Å². The Hall–Kier alpha value is -0.530. The molecule has 0 saturated heterocycles. The molecule has 2 heteroatoms. The van der Waals surface area contributed by atoms with Gasteiger partial charge in [-0.3, -0.25) is 0 Å². The first-order chi connectivity index (χ1) is 8.16. The summed E-state index contributed by atoms with van der Waals surface area (Å²) in [6.07, 6.45) is 5.31. The number of nitrogens with one attached hydrogen (secondary N) is 1. The van der Waals surface area contributed by atoms with Crippen LogP contribution in [0.3, 0.4) is 0 Å². The highest BCUT2D eigenvalue weighted by molar-refractivity contribution is 6.31. The Bertz CT molecular complexity index is 356. The Balaban J connectivity index is 1.93. The maximum Gasteiger partial charge on any atom is 0.0453 e. The predicted octanol–water partition coefficient (Wildman–Crippen LogP) is 4.57. The molecular formula is C15H22ClN. The normalized spacial score (nSPS) is 26.8. The summed E-state index contributed by atoms with van der Waals surface area (Å²) < 4.78 is 0. The highest BCUT2D eigenvalue weighted by atomic mass is 35.5. The van der Waals surface area contributed by atoms with Gasteiger partial charge in [0.2, 0.25) is 0 Å². The van der Waals surface area contributed by atoms with E-state index in [1.54, 1.807) is 0 Å². The summed E-state index contributed by atoms with van der Waals surface area (Å²) in [5.74, 6) is 0.906. The van der Waals surface area contributed by atoms with E-state index in [4.69, 9.17) is 11.6 Å². The summed E-state index contributed by atoms with van der Waals surface area (Å²) in [6.45, 7) is 4.56. The minimum Gasteiger partial charge on any atom is -0.307 e. The van der Waals surface area contributed by atoms with Crippen molar-refractivity contribution >= 4 is 11.6 Å². The Morgan fingerprint density at radius 2 is 1.82 bits per heavy atom. The van der Waals surface area contributed by atoms with Crippen LogP contribution in [0.5, 0.6) is 0 Å². The van der Waals surface area contributed by atoms with Crippen LogP contribution >= 0.6 is 11.6 Å². The van der Waals surface area contributed by atoms with Crippen molar-refractivity contribution in [2.24, 2.45) is 5.92 Å². The lowest BCUT2D eigenvalue weighted by Gasteiger charge is -2.30. The fraction of sp³-hybridized carbons (Fsp3) is 0.600. The first-order valence-electron chi connectivity index (χ1n) is 6.67. The SMILES string of the molecule is CC1CCC(NC(C)c2ccccc2Cl)CC1. The van der Waals surface area contributed by atoms with Crippen molar-refractivity contribution in [3.63, 3.8) is 0 Å². The van der Waals surface area contributed by atoms with Crippen molar-refractivity contribution in [1.82, 2.24) is 5.32 Å². The molecule has 0 aliphatic heterocycles. The molecule has 1 fully saturated rings. The van der Waals surface area contributed by atoms with Crippen molar-refractivity contribution in [1.29, 1.82) is 0 Å². The van der Waals surface area contributed by atoms with Crippen molar-refractivity contribution in [2.45, 2.75) is 51.6 Å². The summed E-state index contributed by atoms with van der Waals surface area (Å²) in [6, 6.07) is 9.15. The lowest BCUT2D eigenvalue weighted by atomic mass is 9.87. The van der Waals surface area contributed by atoms with Gasteiger partial charge in [-0.15, -0.1) is 0 Å².